The smallest absolute Gasteiger partial charge is 0.222 e. The van der Waals surface area contributed by atoms with Crippen molar-refractivity contribution in [1.82, 2.24) is 4.90 Å². The average molecular weight is 171 g/mol. The van der Waals surface area contributed by atoms with Crippen LogP contribution in [0.25, 0.3) is 0 Å². The molecule has 1 rings (SSSR count). The minimum atomic E-state index is 0.310. The molecule has 0 saturated carbocycles. The van der Waals surface area contributed by atoms with Gasteiger partial charge in [-0.15, -0.1) is 0 Å². The van der Waals surface area contributed by atoms with E-state index in [-0.39, 0.29) is 0 Å². The number of rotatable bonds is 1. The molecule has 0 aliphatic carbocycles. The summed E-state index contributed by atoms with van der Waals surface area (Å²) in [6.45, 7) is 7.16. The Kier molecular flexibility index (Phi) is 5.77. The highest BCUT2D eigenvalue weighted by molar-refractivity contribution is 5.76. The van der Waals surface area contributed by atoms with Crippen molar-refractivity contribution in [3.05, 3.63) is 0 Å². The fourth-order valence-corrected chi connectivity index (χ4v) is 1.43. The Balaban J connectivity index is 0.000000561. The minimum absolute atomic E-state index is 0.310. The number of piperidine rings is 1. The number of hydrogen-bond donors (Lipinski definition) is 0. The van der Waals surface area contributed by atoms with Gasteiger partial charge in [-0.05, 0) is 12.3 Å². The Bertz CT molecular complexity index is 134. The first-order valence-electron chi connectivity index (χ1n) is 4.98. The van der Waals surface area contributed by atoms with E-state index in [1.165, 1.54) is 6.42 Å². The first kappa shape index (κ1) is 11.5. The molecule has 72 valence electrons. The lowest BCUT2D eigenvalue weighted by molar-refractivity contribution is -0.133. The Hall–Kier alpha value is -0.530. The van der Waals surface area contributed by atoms with Gasteiger partial charge in [-0.3, -0.25) is 4.79 Å². The van der Waals surface area contributed by atoms with Crippen LogP contribution in [-0.2, 0) is 4.79 Å². The second kappa shape index (κ2) is 6.04. The maximum Gasteiger partial charge on any atom is 0.222 e. The van der Waals surface area contributed by atoms with Crippen molar-refractivity contribution in [2.75, 3.05) is 13.6 Å². The highest BCUT2D eigenvalue weighted by Crippen LogP contribution is 2.18. The number of hydrogen-bond acceptors (Lipinski definition) is 1. The summed E-state index contributed by atoms with van der Waals surface area (Å²) in [5.74, 6) is 1.06. The molecule has 2 nitrogen and oxygen atoms in total. The minimum Gasteiger partial charge on any atom is -0.345 e. The molecule has 12 heavy (non-hydrogen) atoms. The van der Waals surface area contributed by atoms with Gasteiger partial charge in [0, 0.05) is 20.0 Å². The number of nitrogens with zero attached hydrogens (tertiary/aromatic N) is 1. The fraction of sp³-hybridized carbons (Fsp3) is 0.900. The summed E-state index contributed by atoms with van der Waals surface area (Å²) in [5, 5.41) is 0. The van der Waals surface area contributed by atoms with E-state index in [1.54, 1.807) is 0 Å². The van der Waals surface area contributed by atoms with Crippen LogP contribution in [0.3, 0.4) is 0 Å². The van der Waals surface area contributed by atoms with Crippen LogP contribution in [-0.4, -0.2) is 24.4 Å². The largest absolute Gasteiger partial charge is 0.345 e. The van der Waals surface area contributed by atoms with Gasteiger partial charge in [-0.2, -0.15) is 0 Å². The molecule has 1 amide bonds. The zero-order valence-corrected chi connectivity index (χ0v) is 8.76. The van der Waals surface area contributed by atoms with Crippen LogP contribution in [0.1, 0.15) is 40.0 Å². The molecule has 0 aromatic heterocycles. The Morgan fingerprint density at radius 1 is 1.50 bits per heavy atom. The van der Waals surface area contributed by atoms with Crippen LogP contribution in [0.15, 0.2) is 0 Å². The maximum absolute atomic E-state index is 11.0. The molecule has 0 spiro atoms. The number of carbonyl (C=O) groups is 1. The summed E-state index contributed by atoms with van der Waals surface area (Å²) >= 11 is 0. The van der Waals surface area contributed by atoms with E-state index in [2.05, 4.69) is 6.92 Å². The molecule has 1 aliphatic heterocycles. The number of carbonyl (C=O) groups excluding carboxylic acids is 1. The van der Waals surface area contributed by atoms with E-state index in [0.29, 0.717) is 5.91 Å². The zero-order valence-electron chi connectivity index (χ0n) is 8.76. The van der Waals surface area contributed by atoms with E-state index in [9.17, 15) is 4.79 Å². The van der Waals surface area contributed by atoms with Crippen molar-refractivity contribution >= 4 is 5.91 Å². The highest BCUT2D eigenvalue weighted by atomic mass is 16.2. The second-order valence-electron chi connectivity index (χ2n) is 3.09. The Labute approximate surface area is 75.9 Å². The van der Waals surface area contributed by atoms with Gasteiger partial charge in [0.1, 0.15) is 0 Å². The molecule has 1 fully saturated rings. The van der Waals surface area contributed by atoms with Gasteiger partial charge in [0.15, 0.2) is 0 Å². The molecule has 1 heterocycles. The van der Waals surface area contributed by atoms with Gasteiger partial charge >= 0.3 is 0 Å². The summed E-state index contributed by atoms with van der Waals surface area (Å²) in [5.41, 5.74) is 0. The molecule has 1 aliphatic rings. The summed E-state index contributed by atoms with van der Waals surface area (Å²) in [4.78, 5) is 12.8. The molecular formula is C10H21NO. The molecule has 0 aromatic rings. The molecule has 1 atom stereocenters. The summed E-state index contributed by atoms with van der Waals surface area (Å²) in [6, 6.07) is 0. The molecule has 0 aromatic carbocycles. The van der Waals surface area contributed by atoms with Gasteiger partial charge in [-0.25, -0.2) is 0 Å². The van der Waals surface area contributed by atoms with Crippen LogP contribution in [0, 0.1) is 5.92 Å². The topological polar surface area (TPSA) is 20.3 Å². The van der Waals surface area contributed by atoms with Crippen LogP contribution in [0.4, 0.5) is 0 Å². The van der Waals surface area contributed by atoms with E-state index in [4.69, 9.17) is 0 Å². The molecule has 0 N–H and O–H groups in total. The lowest BCUT2D eigenvalue weighted by Gasteiger charge is -2.28. The van der Waals surface area contributed by atoms with E-state index >= 15 is 0 Å². The summed E-state index contributed by atoms with van der Waals surface area (Å²) < 4.78 is 0. The molecule has 0 bridgehead atoms. The van der Waals surface area contributed by atoms with Crippen molar-refractivity contribution < 1.29 is 4.79 Å². The normalized spacial score (nSPS) is 23.2. The first-order chi connectivity index (χ1) is 5.74. The SMILES string of the molecule is CC.CCC1CCC(=O)N(C)C1. The average Bonchev–Trinajstić information content (AvgIpc) is 2.13. The summed E-state index contributed by atoms with van der Waals surface area (Å²) in [7, 11) is 1.89. The molecule has 0 radical (unpaired) electrons. The second-order valence-corrected chi connectivity index (χ2v) is 3.09. The third-order valence-electron chi connectivity index (χ3n) is 2.30. The number of likely N-dealkylation sites (tertiary alicyclic amines) is 1. The lowest BCUT2D eigenvalue weighted by atomic mass is 9.96. The van der Waals surface area contributed by atoms with E-state index in [0.717, 1.165) is 25.3 Å². The summed E-state index contributed by atoms with van der Waals surface area (Å²) in [6.07, 6.45) is 3.06. The predicted molar refractivity (Wildman–Crippen MR) is 52.0 cm³/mol. The van der Waals surface area contributed by atoms with Crippen molar-refractivity contribution in [3.8, 4) is 0 Å². The van der Waals surface area contributed by atoms with Crippen molar-refractivity contribution in [2.24, 2.45) is 5.92 Å². The van der Waals surface area contributed by atoms with Gasteiger partial charge in [0.05, 0.1) is 0 Å². The Morgan fingerprint density at radius 2 is 2.08 bits per heavy atom. The van der Waals surface area contributed by atoms with Crippen molar-refractivity contribution in [3.63, 3.8) is 0 Å². The Morgan fingerprint density at radius 3 is 2.50 bits per heavy atom. The third kappa shape index (κ3) is 3.24. The zero-order chi connectivity index (χ0) is 9.56. The molecule has 2 heteroatoms. The van der Waals surface area contributed by atoms with Gasteiger partial charge < -0.3 is 4.90 Å². The monoisotopic (exact) mass is 171 g/mol. The number of amides is 1. The van der Waals surface area contributed by atoms with E-state index in [1.807, 2.05) is 25.8 Å². The van der Waals surface area contributed by atoms with Crippen molar-refractivity contribution in [1.29, 1.82) is 0 Å². The standard InChI is InChI=1S/C8H15NO.C2H6/c1-3-7-4-5-8(10)9(2)6-7;1-2/h7H,3-6H2,1-2H3;1-2H3. The van der Waals surface area contributed by atoms with Gasteiger partial charge in [-0.1, -0.05) is 27.2 Å². The van der Waals surface area contributed by atoms with Crippen LogP contribution in [0.5, 0.6) is 0 Å². The van der Waals surface area contributed by atoms with Gasteiger partial charge in [0.25, 0.3) is 0 Å². The van der Waals surface area contributed by atoms with Crippen LogP contribution < -0.4 is 0 Å². The first-order valence-corrected chi connectivity index (χ1v) is 4.98. The third-order valence-corrected chi connectivity index (χ3v) is 2.30. The van der Waals surface area contributed by atoms with Crippen LogP contribution >= 0.6 is 0 Å². The fourth-order valence-electron chi connectivity index (χ4n) is 1.43. The van der Waals surface area contributed by atoms with Gasteiger partial charge in [0.2, 0.25) is 5.91 Å². The molecule has 1 unspecified atom stereocenters. The predicted octanol–water partition coefficient (Wildman–Crippen LogP) is 2.29. The highest BCUT2D eigenvalue weighted by Gasteiger charge is 2.20. The van der Waals surface area contributed by atoms with Crippen molar-refractivity contribution in [2.45, 2.75) is 40.0 Å². The van der Waals surface area contributed by atoms with Crippen LogP contribution in [0.2, 0.25) is 0 Å². The quantitative estimate of drug-likeness (QED) is 0.592. The molecular weight excluding hydrogens is 150 g/mol. The molecule has 1 saturated heterocycles. The lowest BCUT2D eigenvalue weighted by Crippen LogP contribution is -2.36. The van der Waals surface area contributed by atoms with E-state index < -0.39 is 0 Å². The maximum atomic E-state index is 11.0.